The maximum absolute atomic E-state index is 12.0. The summed E-state index contributed by atoms with van der Waals surface area (Å²) in [6.45, 7) is 0.222. The molecule has 2 heterocycles. The molecule has 0 radical (unpaired) electrons. The van der Waals surface area contributed by atoms with Gasteiger partial charge in [-0.25, -0.2) is 17.9 Å². The first kappa shape index (κ1) is 14.7. The number of thiophene rings is 1. The number of aromatic nitrogens is 2. The quantitative estimate of drug-likeness (QED) is 0.817. The monoisotopic (exact) mass is 315 g/mol. The fraction of sp³-hybridized carbons (Fsp3) is 0.273. The molecule has 20 heavy (non-hydrogen) atoms. The van der Waals surface area contributed by atoms with E-state index in [2.05, 4.69) is 9.82 Å². The summed E-state index contributed by atoms with van der Waals surface area (Å²) in [5.74, 6) is -1.13. The van der Waals surface area contributed by atoms with Gasteiger partial charge in [0.1, 0.15) is 4.88 Å². The molecule has 108 valence electrons. The van der Waals surface area contributed by atoms with Crippen LogP contribution in [0, 0.1) is 0 Å². The second-order valence-electron chi connectivity index (χ2n) is 4.05. The van der Waals surface area contributed by atoms with E-state index in [0.717, 1.165) is 23.1 Å². The molecule has 0 aliphatic carbocycles. The average Bonchev–Trinajstić information content (AvgIpc) is 2.99. The van der Waals surface area contributed by atoms with Gasteiger partial charge >= 0.3 is 5.97 Å². The molecule has 0 atom stereocenters. The van der Waals surface area contributed by atoms with Crippen molar-refractivity contribution in [3.05, 3.63) is 34.3 Å². The van der Waals surface area contributed by atoms with Crippen LogP contribution in [0.25, 0.3) is 0 Å². The number of sulfonamides is 1. The molecule has 2 N–H and O–H groups in total. The summed E-state index contributed by atoms with van der Waals surface area (Å²) >= 11 is 0.885. The highest BCUT2D eigenvalue weighted by Gasteiger charge is 2.18. The van der Waals surface area contributed by atoms with Crippen molar-refractivity contribution >= 4 is 27.3 Å². The van der Waals surface area contributed by atoms with Gasteiger partial charge in [-0.05, 0) is 12.1 Å². The van der Waals surface area contributed by atoms with Crippen LogP contribution in [0.5, 0.6) is 0 Å². The molecule has 0 aliphatic rings. The first-order chi connectivity index (χ1) is 9.40. The molecule has 0 aliphatic heterocycles. The number of nitrogens with zero attached hydrogens (tertiary/aromatic N) is 2. The number of carboxylic acids is 1. The maximum atomic E-state index is 12.0. The van der Waals surface area contributed by atoms with Gasteiger partial charge in [0.2, 0.25) is 10.0 Å². The molecular weight excluding hydrogens is 302 g/mol. The zero-order valence-corrected chi connectivity index (χ0v) is 12.2. The van der Waals surface area contributed by atoms with Gasteiger partial charge in [-0.3, -0.25) is 4.68 Å². The van der Waals surface area contributed by atoms with Gasteiger partial charge in [-0.2, -0.15) is 5.10 Å². The van der Waals surface area contributed by atoms with E-state index in [-0.39, 0.29) is 16.3 Å². The molecule has 0 bridgehead atoms. The lowest BCUT2D eigenvalue weighted by Gasteiger charge is -2.05. The number of rotatable bonds is 6. The summed E-state index contributed by atoms with van der Waals surface area (Å²) in [5.41, 5.74) is 0.907. The number of hydrogen-bond acceptors (Lipinski definition) is 5. The summed E-state index contributed by atoms with van der Waals surface area (Å²) in [7, 11) is -1.89. The fourth-order valence-corrected chi connectivity index (χ4v) is 3.76. The van der Waals surface area contributed by atoms with E-state index in [9.17, 15) is 13.2 Å². The van der Waals surface area contributed by atoms with Crippen molar-refractivity contribution in [2.45, 2.75) is 11.3 Å². The van der Waals surface area contributed by atoms with Crippen LogP contribution in [0.2, 0.25) is 0 Å². The van der Waals surface area contributed by atoms with Gasteiger partial charge in [0.05, 0.1) is 4.90 Å². The van der Waals surface area contributed by atoms with Crippen LogP contribution < -0.4 is 4.72 Å². The van der Waals surface area contributed by atoms with Crippen molar-refractivity contribution in [1.82, 2.24) is 14.5 Å². The lowest BCUT2D eigenvalue weighted by molar-refractivity contribution is 0.0702. The number of carbonyl (C=O) groups is 1. The molecule has 7 nitrogen and oxygen atoms in total. The Balaban J connectivity index is 2.00. The van der Waals surface area contributed by atoms with Crippen molar-refractivity contribution in [3.8, 4) is 0 Å². The maximum Gasteiger partial charge on any atom is 0.345 e. The van der Waals surface area contributed by atoms with E-state index in [1.807, 2.05) is 0 Å². The highest BCUT2D eigenvalue weighted by atomic mass is 32.2. The summed E-state index contributed by atoms with van der Waals surface area (Å²) in [4.78, 5) is 10.7. The molecule has 2 aromatic rings. The molecule has 0 saturated carbocycles. The summed E-state index contributed by atoms with van der Waals surface area (Å²) in [6.07, 6.45) is 2.15. The molecule has 9 heteroatoms. The topological polar surface area (TPSA) is 101 Å². The van der Waals surface area contributed by atoms with E-state index in [4.69, 9.17) is 5.11 Å². The van der Waals surface area contributed by atoms with Crippen molar-refractivity contribution in [1.29, 1.82) is 0 Å². The van der Waals surface area contributed by atoms with Crippen molar-refractivity contribution in [2.24, 2.45) is 7.05 Å². The first-order valence-corrected chi connectivity index (χ1v) is 8.05. The van der Waals surface area contributed by atoms with Gasteiger partial charge in [-0.15, -0.1) is 11.3 Å². The number of carboxylic acid groups (broad SMARTS) is 1. The molecule has 2 aromatic heterocycles. The van der Waals surface area contributed by atoms with Crippen LogP contribution >= 0.6 is 11.3 Å². The third-order valence-electron chi connectivity index (χ3n) is 2.69. The lowest BCUT2D eigenvalue weighted by atomic mass is 10.3. The zero-order valence-electron chi connectivity index (χ0n) is 10.6. The molecule has 0 amide bonds. The average molecular weight is 315 g/mol. The Morgan fingerprint density at radius 2 is 2.30 bits per heavy atom. The van der Waals surface area contributed by atoms with Gasteiger partial charge in [0.15, 0.2) is 0 Å². The van der Waals surface area contributed by atoms with Crippen LogP contribution in [-0.2, 0) is 23.5 Å². The van der Waals surface area contributed by atoms with Crippen molar-refractivity contribution < 1.29 is 18.3 Å². The van der Waals surface area contributed by atoms with Gasteiger partial charge in [0.25, 0.3) is 0 Å². The summed E-state index contributed by atoms with van der Waals surface area (Å²) in [5, 5.41) is 14.1. The molecule has 0 unspecified atom stereocenters. The largest absolute Gasteiger partial charge is 0.477 e. The number of aryl methyl sites for hydroxylation is 1. The summed E-state index contributed by atoms with van der Waals surface area (Å²) < 4.78 is 28.0. The van der Waals surface area contributed by atoms with Crippen LogP contribution in [0.4, 0.5) is 0 Å². The van der Waals surface area contributed by atoms with Crippen LogP contribution in [0.15, 0.2) is 28.6 Å². The Morgan fingerprint density at radius 3 is 2.85 bits per heavy atom. The van der Waals surface area contributed by atoms with Gasteiger partial charge in [-0.1, -0.05) is 0 Å². The minimum absolute atomic E-state index is 0.00277. The van der Waals surface area contributed by atoms with Crippen molar-refractivity contribution in [3.63, 3.8) is 0 Å². The van der Waals surface area contributed by atoms with Crippen LogP contribution in [0.3, 0.4) is 0 Å². The predicted molar refractivity (Wildman–Crippen MR) is 73.4 cm³/mol. The summed E-state index contributed by atoms with van der Waals surface area (Å²) in [6, 6.07) is 2.96. The number of hydrogen-bond donors (Lipinski definition) is 2. The second-order valence-corrected chi connectivity index (χ2v) is 6.72. The lowest BCUT2D eigenvalue weighted by Crippen LogP contribution is -2.26. The van der Waals surface area contributed by atoms with E-state index < -0.39 is 16.0 Å². The SMILES string of the molecule is Cn1nccc1CCNS(=O)(=O)c1csc(C(=O)O)c1. The van der Waals surface area contributed by atoms with Gasteiger partial charge < -0.3 is 5.11 Å². The number of aromatic carboxylic acids is 1. The van der Waals surface area contributed by atoms with Gasteiger partial charge in [0, 0.05) is 37.3 Å². The second kappa shape index (κ2) is 5.73. The predicted octanol–water partition coefficient (Wildman–Crippen LogP) is 0.701. The smallest absolute Gasteiger partial charge is 0.345 e. The molecular formula is C11H13N3O4S2. The van der Waals surface area contributed by atoms with E-state index in [1.54, 1.807) is 24.0 Å². The minimum atomic E-state index is -3.67. The minimum Gasteiger partial charge on any atom is -0.477 e. The third-order valence-corrected chi connectivity index (χ3v) is 5.20. The van der Waals surface area contributed by atoms with Crippen LogP contribution in [0.1, 0.15) is 15.4 Å². The normalized spacial score (nSPS) is 11.7. The standard InChI is InChI=1S/C11H13N3O4S2/c1-14-8(2-4-12-14)3-5-13-20(17,18)9-6-10(11(15)16)19-7-9/h2,4,6-7,13H,3,5H2,1H3,(H,15,16). The Labute approximate surface area is 119 Å². The van der Waals surface area contributed by atoms with E-state index in [0.29, 0.717) is 6.42 Å². The molecule has 0 spiro atoms. The Hall–Kier alpha value is -1.71. The Morgan fingerprint density at radius 1 is 1.55 bits per heavy atom. The zero-order chi connectivity index (χ0) is 14.8. The molecule has 0 aromatic carbocycles. The van der Waals surface area contributed by atoms with Crippen LogP contribution in [-0.4, -0.2) is 35.8 Å². The molecule has 0 saturated heterocycles. The Bertz CT molecular complexity index is 718. The van der Waals surface area contributed by atoms with E-state index in [1.165, 1.54) is 5.38 Å². The first-order valence-electron chi connectivity index (χ1n) is 5.68. The highest BCUT2D eigenvalue weighted by Crippen LogP contribution is 2.19. The van der Waals surface area contributed by atoms with Crippen molar-refractivity contribution in [2.75, 3.05) is 6.54 Å². The fourth-order valence-electron chi connectivity index (χ4n) is 1.62. The molecule has 2 rings (SSSR count). The Kier molecular flexibility index (Phi) is 4.21. The molecule has 0 fully saturated rings. The number of nitrogens with one attached hydrogen (secondary N) is 1. The third kappa shape index (κ3) is 3.24. The van der Waals surface area contributed by atoms with E-state index >= 15 is 0 Å². The highest BCUT2D eigenvalue weighted by molar-refractivity contribution is 7.89.